The standard InChI is InChI=1S/C17H18N8S/c1-4-5-13(26-17-20-11-21-23-17)6-7-14-12(2)16(19-10-18-14)22-15-8-9-25(3)24-15/h4-11H,2H2,1,3H3,(H,20,21,23)(H,18,19,22,24)/b5-4+,13-6+,14-7+. The van der Waals surface area contributed by atoms with Crippen LogP contribution in [-0.2, 0) is 7.05 Å². The fourth-order valence-electron chi connectivity index (χ4n) is 2.08. The van der Waals surface area contributed by atoms with E-state index in [0.29, 0.717) is 16.9 Å². The van der Waals surface area contributed by atoms with Crippen molar-refractivity contribution in [3.8, 4) is 0 Å². The van der Waals surface area contributed by atoms with Crippen LogP contribution in [0.25, 0.3) is 12.7 Å². The lowest BCUT2D eigenvalue weighted by atomic mass is 10.3. The molecule has 0 radical (unpaired) electrons. The lowest BCUT2D eigenvalue weighted by molar-refractivity contribution is 0.771. The average Bonchev–Trinajstić information content (AvgIpc) is 3.27. The Bertz CT molecular complexity index is 1030. The number of aryl methyl sites for hydroxylation is 1. The Hall–Kier alpha value is -3.20. The molecule has 26 heavy (non-hydrogen) atoms. The number of H-pyrrole nitrogens is 1. The van der Waals surface area contributed by atoms with E-state index in [-0.39, 0.29) is 0 Å². The van der Waals surface area contributed by atoms with Crippen molar-refractivity contribution in [1.29, 1.82) is 0 Å². The largest absolute Gasteiger partial charge is 0.323 e. The van der Waals surface area contributed by atoms with Gasteiger partial charge in [0.25, 0.3) is 0 Å². The van der Waals surface area contributed by atoms with Crippen molar-refractivity contribution in [1.82, 2.24) is 34.9 Å². The summed E-state index contributed by atoms with van der Waals surface area (Å²) in [5.74, 6) is 1.32. The molecule has 0 spiro atoms. The number of aromatic amines is 1. The Kier molecular flexibility index (Phi) is 5.59. The highest BCUT2D eigenvalue weighted by atomic mass is 32.2. The first-order valence-corrected chi connectivity index (χ1v) is 8.62. The third kappa shape index (κ3) is 4.45. The minimum Gasteiger partial charge on any atom is -0.323 e. The molecule has 9 heteroatoms. The second-order valence-corrected chi connectivity index (χ2v) is 6.28. The van der Waals surface area contributed by atoms with E-state index < -0.39 is 0 Å². The predicted octanol–water partition coefficient (Wildman–Crippen LogP) is 1.51. The first-order valence-electron chi connectivity index (χ1n) is 7.80. The molecular formula is C17H18N8S. The second-order valence-electron chi connectivity index (χ2n) is 5.21. The molecule has 0 aliphatic rings. The Morgan fingerprint density at radius 1 is 1.31 bits per heavy atom. The summed E-state index contributed by atoms with van der Waals surface area (Å²) in [6, 6.07) is 1.86. The fraction of sp³-hybridized carbons (Fsp3) is 0.118. The molecule has 0 saturated carbocycles. The lowest BCUT2D eigenvalue weighted by Gasteiger charge is -2.02. The van der Waals surface area contributed by atoms with Crippen LogP contribution in [0.2, 0.25) is 0 Å². The molecule has 132 valence electrons. The molecular weight excluding hydrogens is 348 g/mol. The number of nitrogens with one attached hydrogen (secondary N) is 2. The summed E-state index contributed by atoms with van der Waals surface area (Å²) >= 11 is 1.48. The summed E-state index contributed by atoms with van der Waals surface area (Å²) in [5, 5.41) is 16.3. The van der Waals surface area contributed by atoms with Crippen LogP contribution >= 0.6 is 11.8 Å². The van der Waals surface area contributed by atoms with Gasteiger partial charge in [-0.2, -0.15) is 10.2 Å². The van der Waals surface area contributed by atoms with Crippen molar-refractivity contribution in [2.45, 2.75) is 12.1 Å². The SMILES string of the molecule is C=c1c(Nc2ccn(C)n2)ncn/c1=C/C=C(\C=C\C)Sc1ncn[nH]1. The molecule has 0 fully saturated rings. The summed E-state index contributed by atoms with van der Waals surface area (Å²) < 4.78 is 1.71. The fourth-order valence-corrected chi connectivity index (χ4v) is 2.85. The Balaban J connectivity index is 1.89. The predicted molar refractivity (Wildman–Crippen MR) is 103 cm³/mol. The first kappa shape index (κ1) is 17.6. The van der Waals surface area contributed by atoms with Crippen LogP contribution in [0.15, 0.2) is 53.2 Å². The average molecular weight is 366 g/mol. The Labute approximate surface area is 154 Å². The zero-order valence-electron chi connectivity index (χ0n) is 14.4. The van der Waals surface area contributed by atoms with Gasteiger partial charge in [0.2, 0.25) is 0 Å². The highest BCUT2D eigenvalue weighted by molar-refractivity contribution is 8.03. The summed E-state index contributed by atoms with van der Waals surface area (Å²) in [4.78, 5) is 13.7. The van der Waals surface area contributed by atoms with Crippen molar-refractivity contribution >= 4 is 36.1 Å². The van der Waals surface area contributed by atoms with E-state index in [9.17, 15) is 0 Å². The maximum absolute atomic E-state index is 4.31. The van der Waals surface area contributed by atoms with E-state index >= 15 is 0 Å². The van der Waals surface area contributed by atoms with Gasteiger partial charge in [-0.1, -0.05) is 30.5 Å². The van der Waals surface area contributed by atoms with Crippen LogP contribution in [-0.4, -0.2) is 34.9 Å². The van der Waals surface area contributed by atoms with Gasteiger partial charge in [0.15, 0.2) is 11.0 Å². The summed E-state index contributed by atoms with van der Waals surface area (Å²) in [7, 11) is 1.86. The smallest absolute Gasteiger partial charge is 0.188 e. The van der Waals surface area contributed by atoms with Crippen LogP contribution in [0.1, 0.15) is 6.92 Å². The van der Waals surface area contributed by atoms with Crippen molar-refractivity contribution in [3.63, 3.8) is 0 Å². The molecule has 0 aromatic carbocycles. The van der Waals surface area contributed by atoms with Gasteiger partial charge in [-0.05, 0) is 19.1 Å². The Morgan fingerprint density at radius 3 is 2.88 bits per heavy atom. The van der Waals surface area contributed by atoms with E-state index in [0.717, 1.165) is 15.4 Å². The van der Waals surface area contributed by atoms with Gasteiger partial charge >= 0.3 is 0 Å². The second kappa shape index (κ2) is 8.26. The van der Waals surface area contributed by atoms with Gasteiger partial charge in [-0.25, -0.2) is 15.0 Å². The Morgan fingerprint density at radius 2 is 2.19 bits per heavy atom. The zero-order valence-corrected chi connectivity index (χ0v) is 15.2. The highest BCUT2D eigenvalue weighted by Crippen LogP contribution is 2.23. The van der Waals surface area contributed by atoms with E-state index in [1.165, 1.54) is 24.4 Å². The van der Waals surface area contributed by atoms with Gasteiger partial charge in [-0.15, -0.1) is 0 Å². The van der Waals surface area contributed by atoms with Gasteiger partial charge in [0, 0.05) is 29.4 Å². The van der Waals surface area contributed by atoms with Crippen molar-refractivity contribution < 1.29 is 0 Å². The molecule has 3 aromatic heterocycles. The molecule has 3 rings (SSSR count). The highest BCUT2D eigenvalue weighted by Gasteiger charge is 2.02. The molecule has 3 aromatic rings. The van der Waals surface area contributed by atoms with E-state index in [1.54, 1.807) is 4.68 Å². The number of hydrogen-bond acceptors (Lipinski definition) is 7. The van der Waals surface area contributed by atoms with E-state index in [4.69, 9.17) is 0 Å². The zero-order chi connectivity index (χ0) is 18.4. The summed E-state index contributed by atoms with van der Waals surface area (Å²) in [6.07, 6.45) is 12.6. The number of anilines is 2. The van der Waals surface area contributed by atoms with Crippen LogP contribution in [0.5, 0.6) is 0 Å². The molecule has 0 unspecified atom stereocenters. The topological polar surface area (TPSA) is 97.2 Å². The third-order valence-corrected chi connectivity index (χ3v) is 4.18. The molecule has 0 amide bonds. The van der Waals surface area contributed by atoms with E-state index in [2.05, 4.69) is 42.1 Å². The van der Waals surface area contributed by atoms with Gasteiger partial charge in [0.1, 0.15) is 18.5 Å². The van der Waals surface area contributed by atoms with Crippen LogP contribution in [0.4, 0.5) is 11.6 Å². The minimum absolute atomic E-state index is 0.619. The molecule has 8 nitrogen and oxygen atoms in total. The number of thioether (sulfide) groups is 1. The normalized spacial score (nSPS) is 12.8. The van der Waals surface area contributed by atoms with Crippen molar-refractivity contribution in [2.24, 2.45) is 7.05 Å². The number of allylic oxidation sites excluding steroid dienone is 3. The molecule has 0 bridgehead atoms. The molecule has 0 saturated heterocycles. The maximum Gasteiger partial charge on any atom is 0.188 e. The van der Waals surface area contributed by atoms with Gasteiger partial charge < -0.3 is 5.32 Å². The molecule has 0 aliphatic carbocycles. The third-order valence-electron chi connectivity index (χ3n) is 3.28. The van der Waals surface area contributed by atoms with E-state index in [1.807, 2.05) is 50.5 Å². The number of hydrogen-bond donors (Lipinski definition) is 2. The van der Waals surface area contributed by atoms with Crippen LogP contribution in [0, 0.1) is 0 Å². The van der Waals surface area contributed by atoms with Crippen LogP contribution < -0.4 is 15.9 Å². The number of nitrogens with zero attached hydrogens (tertiary/aromatic N) is 6. The molecule has 0 aliphatic heterocycles. The van der Waals surface area contributed by atoms with Gasteiger partial charge in [0.05, 0.1) is 5.35 Å². The summed E-state index contributed by atoms with van der Waals surface area (Å²) in [5.41, 5.74) is 0. The van der Waals surface area contributed by atoms with Crippen molar-refractivity contribution in [3.05, 3.63) is 58.6 Å². The minimum atomic E-state index is 0.619. The monoisotopic (exact) mass is 366 g/mol. The molecule has 0 atom stereocenters. The number of rotatable bonds is 6. The maximum atomic E-state index is 4.31. The molecule has 3 heterocycles. The van der Waals surface area contributed by atoms with Crippen LogP contribution in [0.3, 0.4) is 0 Å². The lowest BCUT2D eigenvalue weighted by Crippen LogP contribution is -2.30. The summed E-state index contributed by atoms with van der Waals surface area (Å²) in [6.45, 7) is 6.05. The van der Waals surface area contributed by atoms with Crippen molar-refractivity contribution in [2.75, 3.05) is 5.32 Å². The number of aromatic nitrogens is 7. The van der Waals surface area contributed by atoms with Gasteiger partial charge in [-0.3, -0.25) is 9.78 Å². The molecule has 2 N–H and O–H groups in total. The first-order chi connectivity index (χ1) is 12.7. The quantitative estimate of drug-likeness (QED) is 0.504.